The van der Waals surface area contributed by atoms with E-state index in [2.05, 4.69) is 29.7 Å². The van der Waals surface area contributed by atoms with Crippen LogP contribution in [0.15, 0.2) is 59.4 Å². The number of rotatable bonds is 6. The summed E-state index contributed by atoms with van der Waals surface area (Å²) in [6, 6.07) is 15.3. The molecule has 0 amide bonds. The molecule has 0 aliphatic rings. The van der Waals surface area contributed by atoms with E-state index < -0.39 is 5.97 Å². The first-order chi connectivity index (χ1) is 16.1. The third-order valence-electron chi connectivity index (χ3n) is 5.31. The molecule has 9 nitrogen and oxygen atoms in total. The van der Waals surface area contributed by atoms with Crippen molar-refractivity contribution in [2.75, 3.05) is 12.9 Å². The van der Waals surface area contributed by atoms with Crippen LogP contribution in [0.1, 0.15) is 12.7 Å². The van der Waals surface area contributed by atoms with Crippen molar-refractivity contribution in [3.63, 3.8) is 0 Å². The van der Waals surface area contributed by atoms with E-state index in [0.717, 1.165) is 34.1 Å². The third-order valence-corrected chi connectivity index (χ3v) is 6.16. The minimum absolute atomic E-state index is 0.0297. The van der Waals surface area contributed by atoms with Gasteiger partial charge in [-0.1, -0.05) is 42.1 Å². The number of aromatic amines is 1. The van der Waals surface area contributed by atoms with E-state index in [1.54, 1.807) is 0 Å². The highest BCUT2D eigenvalue weighted by atomic mass is 32.2. The monoisotopic (exact) mass is 460 g/mol. The predicted octanol–water partition coefficient (Wildman–Crippen LogP) is 4.11. The second-order valence-electron chi connectivity index (χ2n) is 7.23. The molecule has 5 aromatic rings. The molecule has 0 bridgehead atoms. The fraction of sp³-hybridized carbons (Fsp3) is 0.174. The number of nitrogens with zero attached hydrogens (tertiary/aromatic N) is 5. The van der Waals surface area contributed by atoms with Crippen LogP contribution in [0.25, 0.3) is 38.7 Å². The summed E-state index contributed by atoms with van der Waals surface area (Å²) >= 11 is 1.17. The van der Waals surface area contributed by atoms with E-state index in [1.165, 1.54) is 18.9 Å². The van der Waals surface area contributed by atoms with Crippen LogP contribution in [-0.4, -0.2) is 53.7 Å². The number of aliphatic hydroxyl groups is 1. The minimum atomic E-state index is -0.687. The molecular formula is C23H20N6O3S. The zero-order valence-electron chi connectivity index (χ0n) is 17.9. The van der Waals surface area contributed by atoms with Crippen LogP contribution in [0.2, 0.25) is 0 Å². The number of fused-ring (bicyclic) bond motifs is 4. The van der Waals surface area contributed by atoms with Gasteiger partial charge in [-0.2, -0.15) is 0 Å². The van der Waals surface area contributed by atoms with Gasteiger partial charge in [-0.15, -0.1) is 10.2 Å². The van der Waals surface area contributed by atoms with Gasteiger partial charge in [-0.05, 0) is 25.1 Å². The average molecular weight is 461 g/mol. The van der Waals surface area contributed by atoms with Gasteiger partial charge in [0.05, 0.1) is 29.4 Å². The number of carbonyl (C=O) groups is 1. The summed E-state index contributed by atoms with van der Waals surface area (Å²) in [6.07, 6.45) is 0. The topological polar surface area (TPSA) is 119 Å². The summed E-state index contributed by atoms with van der Waals surface area (Å²) in [5.74, 6) is -0.596. The van der Waals surface area contributed by atoms with E-state index in [9.17, 15) is 9.90 Å². The van der Waals surface area contributed by atoms with Crippen molar-refractivity contribution >= 4 is 56.4 Å². The third kappa shape index (κ3) is 3.68. The van der Waals surface area contributed by atoms with Crippen LogP contribution in [0.4, 0.5) is 0 Å². The summed E-state index contributed by atoms with van der Waals surface area (Å²) in [5.41, 5.74) is 3.90. The number of para-hydroxylation sites is 3. The van der Waals surface area contributed by atoms with Crippen molar-refractivity contribution < 1.29 is 14.6 Å². The number of methoxy groups -OCH3 is 1. The first-order valence-corrected chi connectivity index (χ1v) is 11.3. The Labute approximate surface area is 192 Å². The van der Waals surface area contributed by atoms with Crippen molar-refractivity contribution in [3.05, 3.63) is 60.1 Å². The molecule has 166 valence electrons. The van der Waals surface area contributed by atoms with Crippen LogP contribution in [0.5, 0.6) is 0 Å². The highest BCUT2D eigenvalue weighted by molar-refractivity contribution is 7.99. The van der Waals surface area contributed by atoms with E-state index in [4.69, 9.17) is 4.74 Å². The lowest BCUT2D eigenvalue weighted by Crippen LogP contribution is -2.10. The molecule has 5 rings (SSSR count). The highest BCUT2D eigenvalue weighted by Crippen LogP contribution is 2.28. The van der Waals surface area contributed by atoms with Crippen molar-refractivity contribution in [2.45, 2.75) is 18.6 Å². The summed E-state index contributed by atoms with van der Waals surface area (Å²) in [4.78, 5) is 24.6. The largest absolute Gasteiger partial charge is 0.510 e. The molecule has 0 radical (unpaired) electrons. The number of carbonyl (C=O) groups excluding carboxylic acids is 1. The molecule has 3 heterocycles. The maximum absolute atomic E-state index is 12.4. The maximum Gasteiger partial charge on any atom is 0.345 e. The molecule has 0 fully saturated rings. The minimum Gasteiger partial charge on any atom is -0.510 e. The van der Waals surface area contributed by atoms with Crippen LogP contribution in [0, 0.1) is 0 Å². The van der Waals surface area contributed by atoms with Crippen LogP contribution in [-0.2, 0) is 16.1 Å². The van der Waals surface area contributed by atoms with Gasteiger partial charge in [0.15, 0.2) is 5.65 Å². The summed E-state index contributed by atoms with van der Waals surface area (Å²) in [6.45, 7) is 2.78. The first-order valence-electron chi connectivity index (χ1n) is 10.3. The van der Waals surface area contributed by atoms with Gasteiger partial charge in [0.2, 0.25) is 5.16 Å². The van der Waals surface area contributed by atoms with Gasteiger partial charge in [0.25, 0.3) is 0 Å². The van der Waals surface area contributed by atoms with Gasteiger partial charge < -0.3 is 19.4 Å². The van der Waals surface area contributed by atoms with Crippen molar-refractivity contribution in [1.82, 2.24) is 29.7 Å². The van der Waals surface area contributed by atoms with E-state index >= 15 is 0 Å². The lowest BCUT2D eigenvalue weighted by Gasteiger charge is -2.07. The lowest BCUT2D eigenvalue weighted by atomic mass is 10.2. The standard InChI is InChI=1S/C23H20N6O3S/c1-3-29-16-11-7-4-8-13(16)19-21(29)26-23(28-27-19)33-12-17(30)18(22(31)32-2)20-24-14-9-5-6-10-15(14)25-20/h4-11,30H,3,12H2,1-2H3,(H,24,25)/b18-17+. The Kier molecular flexibility index (Phi) is 5.43. The zero-order chi connectivity index (χ0) is 22.9. The SMILES string of the molecule is CCn1c2ccccc2c2nnc(SC/C(O)=C(\C(=O)OC)c3nc4ccccc4[nH]3)nc21. The predicted molar refractivity (Wildman–Crippen MR) is 127 cm³/mol. The van der Waals surface area contributed by atoms with Gasteiger partial charge in [-0.25, -0.2) is 14.8 Å². The number of benzene rings is 2. The number of aliphatic hydroxyl groups excluding tert-OH is 1. The first kappa shape index (κ1) is 21.0. The summed E-state index contributed by atoms with van der Waals surface area (Å²) < 4.78 is 6.96. The van der Waals surface area contributed by atoms with Crippen LogP contribution >= 0.6 is 11.8 Å². The molecule has 3 aromatic heterocycles. The molecule has 0 atom stereocenters. The number of hydrogen-bond acceptors (Lipinski definition) is 8. The quantitative estimate of drug-likeness (QED) is 0.168. The van der Waals surface area contributed by atoms with Crippen molar-refractivity contribution in [1.29, 1.82) is 0 Å². The zero-order valence-corrected chi connectivity index (χ0v) is 18.8. The second kappa shape index (κ2) is 8.55. The molecule has 0 spiro atoms. The Balaban J connectivity index is 1.49. The maximum atomic E-state index is 12.4. The van der Waals surface area contributed by atoms with Crippen LogP contribution in [0.3, 0.4) is 0 Å². The number of aromatic nitrogens is 6. The smallest absolute Gasteiger partial charge is 0.345 e. The molecule has 0 aliphatic heterocycles. The fourth-order valence-corrected chi connectivity index (χ4v) is 4.46. The highest BCUT2D eigenvalue weighted by Gasteiger charge is 2.23. The molecule has 33 heavy (non-hydrogen) atoms. The molecular weight excluding hydrogens is 440 g/mol. The van der Waals surface area contributed by atoms with E-state index in [0.29, 0.717) is 10.7 Å². The van der Waals surface area contributed by atoms with E-state index in [1.807, 2.05) is 55.5 Å². The van der Waals surface area contributed by atoms with Crippen molar-refractivity contribution in [2.24, 2.45) is 0 Å². The molecule has 0 saturated carbocycles. The summed E-state index contributed by atoms with van der Waals surface area (Å²) in [5, 5.41) is 20.8. The molecule has 10 heteroatoms. The van der Waals surface area contributed by atoms with Crippen molar-refractivity contribution in [3.8, 4) is 0 Å². The number of H-pyrrole nitrogens is 1. The number of aryl methyl sites for hydroxylation is 1. The summed E-state index contributed by atoms with van der Waals surface area (Å²) in [7, 11) is 1.26. The Hall–Kier alpha value is -3.92. The average Bonchev–Trinajstić information content (AvgIpc) is 3.41. The van der Waals surface area contributed by atoms with E-state index in [-0.39, 0.29) is 22.9 Å². The van der Waals surface area contributed by atoms with Gasteiger partial charge in [-0.3, -0.25) is 0 Å². The molecule has 2 N–H and O–H groups in total. The molecule has 0 saturated heterocycles. The Morgan fingerprint density at radius 2 is 1.91 bits per heavy atom. The second-order valence-corrected chi connectivity index (χ2v) is 8.18. The molecule has 0 aliphatic carbocycles. The fourth-order valence-electron chi connectivity index (χ4n) is 3.80. The molecule has 2 aromatic carbocycles. The Morgan fingerprint density at radius 3 is 2.70 bits per heavy atom. The van der Waals surface area contributed by atoms with Gasteiger partial charge in [0.1, 0.15) is 22.7 Å². The molecule has 0 unspecified atom stereocenters. The number of ether oxygens (including phenoxy) is 1. The van der Waals surface area contributed by atoms with Gasteiger partial charge >= 0.3 is 5.97 Å². The lowest BCUT2D eigenvalue weighted by molar-refractivity contribution is -0.133. The number of hydrogen-bond donors (Lipinski definition) is 2. The Bertz CT molecular complexity index is 1500. The number of imidazole rings is 1. The Morgan fingerprint density at radius 1 is 1.12 bits per heavy atom. The van der Waals surface area contributed by atoms with Gasteiger partial charge in [0, 0.05) is 11.9 Å². The normalized spacial score (nSPS) is 12.4. The number of thioether (sulfide) groups is 1. The number of esters is 1. The number of nitrogens with one attached hydrogen (secondary N) is 1. The van der Waals surface area contributed by atoms with Crippen LogP contribution < -0.4 is 0 Å².